The van der Waals surface area contributed by atoms with Crippen molar-refractivity contribution in [1.82, 2.24) is 9.97 Å². The molecule has 1 aromatic heterocycles. The summed E-state index contributed by atoms with van der Waals surface area (Å²) in [4.78, 5) is 18.3. The summed E-state index contributed by atoms with van der Waals surface area (Å²) in [5, 5.41) is 0.121. The Morgan fingerprint density at radius 2 is 2.20 bits per heavy atom. The predicted octanol–water partition coefficient (Wildman–Crippen LogP) is 1.69. The van der Waals surface area contributed by atoms with E-state index in [-0.39, 0.29) is 11.3 Å². The fraction of sp³-hybridized carbons (Fsp3) is 0.100. The summed E-state index contributed by atoms with van der Waals surface area (Å²) in [5.74, 6) is -1.10. The normalized spacial score (nSPS) is 10.3. The van der Waals surface area contributed by atoms with Crippen molar-refractivity contribution in [1.29, 1.82) is 0 Å². The van der Waals surface area contributed by atoms with E-state index in [1.807, 2.05) is 0 Å². The molecule has 0 bridgehead atoms. The fourth-order valence-electron chi connectivity index (χ4n) is 1.25. The third kappa shape index (κ3) is 1.76. The topological polar surface area (TPSA) is 52.1 Å². The van der Waals surface area contributed by atoms with Crippen molar-refractivity contribution >= 4 is 16.9 Å². The summed E-state index contributed by atoms with van der Waals surface area (Å²) >= 11 is 0. The minimum absolute atomic E-state index is 0.0504. The zero-order valence-electron chi connectivity index (χ0n) is 7.90. The number of carbonyl (C=O) groups is 1. The van der Waals surface area contributed by atoms with Crippen molar-refractivity contribution in [3.63, 3.8) is 0 Å². The molecule has 0 aliphatic heterocycles. The minimum Gasteiger partial charge on any atom is -0.407 e. The highest BCUT2D eigenvalue weighted by Crippen LogP contribution is 2.23. The lowest BCUT2D eigenvalue weighted by Gasteiger charge is -2.04. The molecule has 0 radical (unpaired) electrons. The van der Waals surface area contributed by atoms with Crippen molar-refractivity contribution in [2.45, 2.75) is 6.92 Å². The maximum Gasteiger partial charge on any atom is 0.309 e. The molecule has 4 nitrogen and oxygen atoms in total. The highest BCUT2D eigenvalue weighted by molar-refractivity contribution is 5.86. The second-order valence-electron chi connectivity index (χ2n) is 2.91. The van der Waals surface area contributed by atoms with Crippen LogP contribution in [0.3, 0.4) is 0 Å². The van der Waals surface area contributed by atoms with E-state index in [0.717, 1.165) is 0 Å². The fourth-order valence-corrected chi connectivity index (χ4v) is 1.25. The lowest BCUT2D eigenvalue weighted by atomic mass is 10.2. The van der Waals surface area contributed by atoms with Gasteiger partial charge in [0.1, 0.15) is 12.1 Å². The molecule has 15 heavy (non-hydrogen) atoms. The first-order valence-corrected chi connectivity index (χ1v) is 4.26. The Kier molecular flexibility index (Phi) is 2.29. The van der Waals surface area contributed by atoms with E-state index >= 15 is 0 Å². The predicted molar refractivity (Wildman–Crippen MR) is 50.8 cm³/mol. The van der Waals surface area contributed by atoms with Crippen LogP contribution in [0.25, 0.3) is 10.9 Å². The van der Waals surface area contributed by atoms with Gasteiger partial charge in [-0.3, -0.25) is 4.79 Å². The van der Waals surface area contributed by atoms with Gasteiger partial charge in [0, 0.05) is 6.92 Å². The average molecular weight is 206 g/mol. The lowest BCUT2D eigenvalue weighted by Crippen LogP contribution is -2.04. The van der Waals surface area contributed by atoms with E-state index in [2.05, 4.69) is 9.97 Å². The molecule has 0 aliphatic carbocycles. The Labute approximate surface area is 84.7 Å². The molecule has 76 valence electrons. The number of hydrogen-bond acceptors (Lipinski definition) is 4. The summed E-state index contributed by atoms with van der Waals surface area (Å²) in [7, 11) is 0. The highest BCUT2D eigenvalue weighted by Gasteiger charge is 2.10. The zero-order chi connectivity index (χ0) is 10.8. The van der Waals surface area contributed by atoms with Crippen LogP contribution in [0, 0.1) is 5.82 Å². The Bertz CT molecular complexity index is 523. The number of ether oxygens (including phenoxy) is 1. The quantitative estimate of drug-likeness (QED) is 0.666. The van der Waals surface area contributed by atoms with Gasteiger partial charge in [-0.05, 0) is 12.1 Å². The van der Waals surface area contributed by atoms with Crippen molar-refractivity contribution < 1.29 is 13.9 Å². The van der Waals surface area contributed by atoms with Gasteiger partial charge in [-0.15, -0.1) is 0 Å². The molecule has 0 saturated carbocycles. The third-order valence-electron chi connectivity index (χ3n) is 1.82. The lowest BCUT2D eigenvalue weighted by molar-refractivity contribution is -0.132. The number of hydrogen-bond donors (Lipinski definition) is 0. The number of aromatic nitrogens is 2. The van der Waals surface area contributed by atoms with E-state index in [1.54, 1.807) is 6.07 Å². The highest BCUT2D eigenvalue weighted by atomic mass is 19.1. The molecule has 0 fully saturated rings. The van der Waals surface area contributed by atoms with Crippen LogP contribution in [0.15, 0.2) is 24.5 Å². The molecule has 5 heteroatoms. The number of halogens is 1. The van der Waals surface area contributed by atoms with Crippen LogP contribution in [0.5, 0.6) is 5.88 Å². The molecule has 1 aromatic carbocycles. The molecule has 2 aromatic rings. The van der Waals surface area contributed by atoms with Crippen LogP contribution < -0.4 is 4.74 Å². The van der Waals surface area contributed by atoms with E-state index < -0.39 is 11.8 Å². The first-order valence-electron chi connectivity index (χ1n) is 4.26. The first-order chi connectivity index (χ1) is 7.18. The van der Waals surface area contributed by atoms with Crippen molar-refractivity contribution in [2.24, 2.45) is 0 Å². The second kappa shape index (κ2) is 3.61. The minimum atomic E-state index is -0.543. The van der Waals surface area contributed by atoms with Gasteiger partial charge in [0.25, 0.3) is 0 Å². The van der Waals surface area contributed by atoms with Crippen LogP contribution in [0.1, 0.15) is 6.92 Å². The van der Waals surface area contributed by atoms with Crippen LogP contribution in [-0.2, 0) is 4.79 Å². The SMILES string of the molecule is CC(=O)Oc1ncnc2cccc(F)c12. The van der Waals surface area contributed by atoms with Gasteiger partial charge >= 0.3 is 5.97 Å². The Morgan fingerprint density at radius 3 is 2.93 bits per heavy atom. The molecule has 2 rings (SSSR count). The largest absolute Gasteiger partial charge is 0.407 e. The third-order valence-corrected chi connectivity index (χ3v) is 1.82. The maximum atomic E-state index is 13.4. The van der Waals surface area contributed by atoms with Crippen molar-refractivity contribution in [3.8, 4) is 5.88 Å². The summed E-state index contributed by atoms with van der Waals surface area (Å²) in [6.45, 7) is 1.23. The van der Waals surface area contributed by atoms with Gasteiger partial charge in [-0.25, -0.2) is 14.4 Å². The number of nitrogens with zero attached hydrogens (tertiary/aromatic N) is 2. The monoisotopic (exact) mass is 206 g/mol. The van der Waals surface area contributed by atoms with Crippen molar-refractivity contribution in [2.75, 3.05) is 0 Å². The molecule has 0 amide bonds. The summed E-state index contributed by atoms with van der Waals surface area (Å²) in [5.41, 5.74) is 0.404. The maximum absolute atomic E-state index is 13.4. The van der Waals surface area contributed by atoms with E-state index in [9.17, 15) is 9.18 Å². The molecule has 0 N–H and O–H groups in total. The van der Waals surface area contributed by atoms with Gasteiger partial charge in [0.2, 0.25) is 5.88 Å². The summed E-state index contributed by atoms with van der Waals surface area (Å²) in [6, 6.07) is 4.41. The smallest absolute Gasteiger partial charge is 0.309 e. The van der Waals surface area contributed by atoms with E-state index in [0.29, 0.717) is 5.52 Å². The molecular weight excluding hydrogens is 199 g/mol. The number of benzene rings is 1. The summed E-state index contributed by atoms with van der Waals surface area (Å²) < 4.78 is 18.2. The number of rotatable bonds is 1. The van der Waals surface area contributed by atoms with E-state index in [4.69, 9.17) is 4.74 Å². The van der Waals surface area contributed by atoms with Gasteiger partial charge in [0.15, 0.2) is 0 Å². The summed E-state index contributed by atoms with van der Waals surface area (Å²) in [6.07, 6.45) is 1.22. The number of carbonyl (C=O) groups excluding carboxylic acids is 1. The zero-order valence-corrected chi connectivity index (χ0v) is 7.90. The Morgan fingerprint density at radius 1 is 1.40 bits per heavy atom. The Hall–Kier alpha value is -2.04. The average Bonchev–Trinajstić information content (AvgIpc) is 2.17. The number of esters is 1. The van der Waals surface area contributed by atoms with Crippen LogP contribution in [-0.4, -0.2) is 15.9 Å². The molecule has 0 spiro atoms. The molecule has 0 atom stereocenters. The van der Waals surface area contributed by atoms with Crippen LogP contribution >= 0.6 is 0 Å². The molecule has 0 aliphatic rings. The van der Waals surface area contributed by atoms with Gasteiger partial charge in [-0.1, -0.05) is 6.07 Å². The molecule has 1 heterocycles. The molecule has 0 unspecified atom stereocenters. The van der Waals surface area contributed by atoms with Gasteiger partial charge in [-0.2, -0.15) is 0 Å². The molecular formula is C10H7FN2O2. The number of fused-ring (bicyclic) bond motifs is 1. The van der Waals surface area contributed by atoms with Gasteiger partial charge in [0.05, 0.1) is 10.9 Å². The Balaban J connectivity index is 2.68. The van der Waals surface area contributed by atoms with Crippen LogP contribution in [0.2, 0.25) is 0 Å². The van der Waals surface area contributed by atoms with E-state index in [1.165, 1.54) is 25.4 Å². The van der Waals surface area contributed by atoms with Crippen molar-refractivity contribution in [3.05, 3.63) is 30.3 Å². The standard InChI is InChI=1S/C10H7FN2O2/c1-6(14)15-10-9-7(11)3-2-4-8(9)12-5-13-10/h2-5H,1H3. The van der Waals surface area contributed by atoms with Gasteiger partial charge < -0.3 is 4.74 Å². The first kappa shape index (κ1) is 9.51. The van der Waals surface area contributed by atoms with Crippen LogP contribution in [0.4, 0.5) is 4.39 Å². The second-order valence-corrected chi connectivity index (χ2v) is 2.91. The molecule has 0 saturated heterocycles.